The second-order valence-electron chi connectivity index (χ2n) is 26.5. The van der Waals surface area contributed by atoms with Gasteiger partial charge in [0, 0.05) is 75.1 Å². The molecule has 4 aliphatic rings. The van der Waals surface area contributed by atoms with E-state index in [-0.39, 0.29) is 111 Å². The number of carbonyl (C=O) groups is 8. The minimum atomic E-state index is -0.935. The van der Waals surface area contributed by atoms with Crippen molar-refractivity contribution in [3.63, 3.8) is 0 Å². The monoisotopic (exact) mass is 1200 g/mol. The zero-order valence-electron chi connectivity index (χ0n) is 52.6. The topological polar surface area (TPSA) is 277 Å². The third-order valence-corrected chi connectivity index (χ3v) is 18.1. The third-order valence-electron chi connectivity index (χ3n) is 18.1. The van der Waals surface area contributed by atoms with Gasteiger partial charge in [0.2, 0.25) is 35.4 Å². The van der Waals surface area contributed by atoms with E-state index >= 15 is 0 Å². The maximum absolute atomic E-state index is 14.7. The van der Waals surface area contributed by atoms with Gasteiger partial charge in [0.1, 0.15) is 24.2 Å². The Morgan fingerprint density at radius 3 is 1.34 bits per heavy atom. The number of likely N-dealkylation sites (N-methyl/N-ethyl adjacent to an activating group) is 2. The number of benzene rings is 3. The van der Waals surface area contributed by atoms with Crippen molar-refractivity contribution in [3.8, 4) is 0 Å². The molecule has 3 aromatic carbocycles. The summed E-state index contributed by atoms with van der Waals surface area (Å²) in [7, 11) is 3.35. The Balaban J connectivity index is 0.832. The normalized spacial score (nSPS) is 21.5. The number of aromatic nitrogens is 6. The van der Waals surface area contributed by atoms with Crippen LogP contribution in [0.5, 0.6) is 0 Å². The van der Waals surface area contributed by atoms with Crippen LogP contribution in [0.4, 0.5) is 0 Å². The lowest BCUT2D eigenvalue weighted by molar-refractivity contribution is -0.144. The highest BCUT2D eigenvalue weighted by Gasteiger charge is 2.48. The Hall–Kier alpha value is -7.98. The van der Waals surface area contributed by atoms with E-state index in [4.69, 9.17) is 0 Å². The van der Waals surface area contributed by atoms with E-state index < -0.39 is 59.2 Å². The minimum Gasteiger partial charge on any atom is -0.347 e. The fourth-order valence-corrected chi connectivity index (χ4v) is 12.6. The smallest absolute Gasteiger partial charge is 0.246 e. The number of carbonyl (C=O) groups excluding carboxylic acids is 8. The lowest BCUT2D eigenvalue weighted by atomic mass is 9.85. The molecular weight excluding hydrogens is 1120 g/mol. The number of ketones is 2. The molecule has 2 aliphatic carbocycles. The van der Waals surface area contributed by atoms with Crippen molar-refractivity contribution >= 4 is 47.0 Å². The molecule has 2 aliphatic heterocycles. The van der Waals surface area contributed by atoms with Crippen molar-refractivity contribution in [2.75, 3.05) is 27.2 Å². The summed E-state index contributed by atoms with van der Waals surface area (Å²) in [6.45, 7) is 15.0. The SMILES string of the molecule is CN[C@@H](C)C(=O)N[C@H](C(=O)N1C[C@@H](n2cc(CCC(=O)c3cccc(C(=O)CCc4cn([C@H]5C[C@@H](C(=O)N[C@@H]6CCCc7ccccc76)N(C(=O)[C@@H](NC(=O)[C@H](C)NC)C(C)(C)C)C5)nn4)c3)nn2)CC1C(=O)N[C@@H]1CCCc2ccccc21)C(C)(C)C. The molecule has 22 heteroatoms. The van der Waals surface area contributed by atoms with Gasteiger partial charge < -0.3 is 41.7 Å². The molecule has 0 spiro atoms. The van der Waals surface area contributed by atoms with Crippen LogP contribution in [0.15, 0.2) is 85.2 Å². The zero-order valence-corrected chi connectivity index (χ0v) is 52.6. The molecule has 470 valence electrons. The zero-order chi connectivity index (χ0) is 63.2. The quantitative estimate of drug-likeness (QED) is 0.0471. The Morgan fingerprint density at radius 2 is 0.955 bits per heavy atom. The molecular formula is C66H88N14O8. The number of amides is 6. The van der Waals surface area contributed by atoms with E-state index in [1.54, 1.807) is 83.8 Å². The molecule has 4 heterocycles. The standard InChI is InChI=1S/C66H88N14O8/c1-39(67-9)59(83)71-57(65(3,4)5)63(87)77-37-47(33-53(77)61(85)69-51-26-16-20-41-18-11-13-24-49(41)51)79-35-45(73-75-79)28-30-55(81)43-22-15-23-44(32-43)56(82)31-29-46-36-80(76-74-46)48-34-54(62(86)70-52-27-17-21-42-19-12-14-25-50(42)52)78(38-48)64(88)58(66(6,7)8)72-60(84)40(2)68-10/h11-15,18-19,22-25,32,35-36,39-40,47-48,51-54,57-58,67-68H,16-17,20-21,26-31,33-34,37-38H2,1-10H3,(H,69,85)(H,70,86)(H,71,83)(H,72,84)/t39-,40-,47-,48-,51+,52+,53-,54?,57+,58+/m0/s1. The van der Waals surface area contributed by atoms with Gasteiger partial charge in [-0.15, -0.1) is 10.2 Å². The van der Waals surface area contributed by atoms with Crippen LogP contribution in [0, 0.1) is 10.8 Å². The summed E-state index contributed by atoms with van der Waals surface area (Å²) >= 11 is 0. The molecule has 1 unspecified atom stereocenters. The van der Waals surface area contributed by atoms with Crippen molar-refractivity contribution in [1.29, 1.82) is 0 Å². The number of nitrogens with one attached hydrogen (secondary N) is 6. The highest BCUT2D eigenvalue weighted by molar-refractivity contribution is 6.01. The van der Waals surface area contributed by atoms with Crippen LogP contribution in [0.2, 0.25) is 0 Å². The first kappa shape index (κ1) is 64.5. The van der Waals surface area contributed by atoms with Gasteiger partial charge in [0.05, 0.1) is 47.6 Å². The molecule has 0 saturated carbocycles. The van der Waals surface area contributed by atoms with Gasteiger partial charge in [-0.1, -0.05) is 119 Å². The number of rotatable bonds is 22. The molecule has 10 atom stereocenters. The van der Waals surface area contributed by atoms with E-state index in [1.807, 2.05) is 77.9 Å². The summed E-state index contributed by atoms with van der Waals surface area (Å²) in [5.74, 6) is -2.37. The summed E-state index contributed by atoms with van der Waals surface area (Å²) in [6, 6.07) is 16.8. The van der Waals surface area contributed by atoms with E-state index in [2.05, 4.69) is 64.7 Å². The van der Waals surface area contributed by atoms with Gasteiger partial charge in [-0.3, -0.25) is 38.4 Å². The number of fused-ring (bicyclic) bond motifs is 2. The molecule has 6 amide bonds. The molecule has 2 saturated heterocycles. The van der Waals surface area contributed by atoms with Crippen LogP contribution in [0.3, 0.4) is 0 Å². The Morgan fingerprint density at radius 1 is 0.557 bits per heavy atom. The first-order valence-electron chi connectivity index (χ1n) is 31.2. The molecule has 88 heavy (non-hydrogen) atoms. The fourth-order valence-electron chi connectivity index (χ4n) is 12.6. The lowest BCUT2D eigenvalue weighted by Gasteiger charge is -2.36. The average Bonchev–Trinajstić information content (AvgIpc) is 1.90. The van der Waals surface area contributed by atoms with E-state index in [0.717, 1.165) is 49.7 Å². The molecule has 22 nitrogen and oxygen atoms in total. The van der Waals surface area contributed by atoms with Crippen molar-refractivity contribution in [1.82, 2.24) is 71.7 Å². The predicted molar refractivity (Wildman–Crippen MR) is 330 cm³/mol. The minimum absolute atomic E-state index is 0.0723. The van der Waals surface area contributed by atoms with Gasteiger partial charge in [0.15, 0.2) is 11.6 Å². The number of Topliss-reactive ketones (excluding diaryl/α,β-unsaturated/α-hetero) is 2. The van der Waals surface area contributed by atoms with Crippen LogP contribution >= 0.6 is 0 Å². The molecule has 2 fully saturated rings. The van der Waals surface area contributed by atoms with Crippen molar-refractivity contribution < 1.29 is 38.4 Å². The molecule has 0 radical (unpaired) electrons. The largest absolute Gasteiger partial charge is 0.347 e. The molecule has 2 aromatic heterocycles. The van der Waals surface area contributed by atoms with Gasteiger partial charge in [0.25, 0.3) is 0 Å². The van der Waals surface area contributed by atoms with Gasteiger partial charge >= 0.3 is 0 Å². The second-order valence-corrected chi connectivity index (χ2v) is 26.5. The number of likely N-dealkylation sites (tertiary alicyclic amines) is 2. The van der Waals surface area contributed by atoms with Crippen LogP contribution in [-0.2, 0) is 54.5 Å². The highest BCUT2D eigenvalue weighted by atomic mass is 16.2. The number of hydrogen-bond donors (Lipinski definition) is 6. The maximum Gasteiger partial charge on any atom is 0.246 e. The molecule has 5 aromatic rings. The van der Waals surface area contributed by atoms with E-state index in [1.165, 1.54) is 11.1 Å². The van der Waals surface area contributed by atoms with Crippen LogP contribution in [0.25, 0.3) is 0 Å². The highest BCUT2D eigenvalue weighted by Crippen LogP contribution is 2.36. The molecule has 0 bridgehead atoms. The summed E-state index contributed by atoms with van der Waals surface area (Å²) < 4.78 is 3.31. The van der Waals surface area contributed by atoms with Crippen LogP contribution in [-0.4, -0.2) is 150 Å². The van der Waals surface area contributed by atoms with Crippen molar-refractivity contribution in [2.45, 2.75) is 193 Å². The number of nitrogens with zero attached hydrogens (tertiary/aromatic N) is 8. The maximum atomic E-state index is 14.7. The van der Waals surface area contributed by atoms with Crippen LogP contribution < -0.4 is 31.9 Å². The summed E-state index contributed by atoms with van der Waals surface area (Å²) in [5, 5.41) is 36.0. The van der Waals surface area contributed by atoms with Crippen LogP contribution in [0.1, 0.15) is 185 Å². The summed E-state index contributed by atoms with van der Waals surface area (Å²) in [5.41, 5.74) is 4.95. The van der Waals surface area contributed by atoms with Gasteiger partial charge in [-0.05, 0) is 106 Å². The fraction of sp³-hybridized carbons (Fsp3) is 0.545. The average molecular weight is 1210 g/mol. The van der Waals surface area contributed by atoms with Gasteiger partial charge in [-0.25, -0.2) is 9.36 Å². The predicted octanol–water partition coefficient (Wildman–Crippen LogP) is 5.45. The third kappa shape index (κ3) is 14.9. The Kier molecular flexibility index (Phi) is 20.2. The van der Waals surface area contributed by atoms with Crippen molar-refractivity contribution in [2.24, 2.45) is 10.8 Å². The Bertz CT molecular complexity index is 3160. The van der Waals surface area contributed by atoms with Gasteiger partial charge in [-0.2, -0.15) is 0 Å². The molecule has 6 N–H and O–H groups in total. The summed E-state index contributed by atoms with van der Waals surface area (Å²) in [4.78, 5) is 116. The first-order chi connectivity index (χ1) is 41.9. The van der Waals surface area contributed by atoms with Crippen molar-refractivity contribution in [3.05, 3.63) is 130 Å². The second kappa shape index (κ2) is 27.6. The first-order valence-corrected chi connectivity index (χ1v) is 31.2. The van der Waals surface area contributed by atoms with E-state index in [9.17, 15) is 38.4 Å². The summed E-state index contributed by atoms with van der Waals surface area (Å²) in [6.07, 6.45) is 9.85. The molecule has 9 rings (SSSR count). The van der Waals surface area contributed by atoms with E-state index in [0.29, 0.717) is 22.5 Å². The Labute approximate surface area is 515 Å². The lowest BCUT2D eigenvalue weighted by Crippen LogP contribution is -2.59. The number of aryl methyl sites for hydroxylation is 4. The number of hydrogen-bond acceptors (Lipinski definition) is 14.